The number of benzene rings is 1. The fourth-order valence-corrected chi connectivity index (χ4v) is 3.39. The van der Waals surface area contributed by atoms with E-state index in [1.165, 1.54) is 6.07 Å². The van der Waals surface area contributed by atoms with Crippen LogP contribution in [0.3, 0.4) is 0 Å². The second-order valence-electron chi connectivity index (χ2n) is 4.20. The lowest BCUT2D eigenvalue weighted by Gasteiger charge is -2.11. The van der Waals surface area contributed by atoms with Gasteiger partial charge in [0.2, 0.25) is 10.0 Å². The van der Waals surface area contributed by atoms with Crippen LogP contribution in [0.15, 0.2) is 21.5 Å². The van der Waals surface area contributed by atoms with E-state index in [-0.39, 0.29) is 4.90 Å². The molecule has 0 heterocycles. The molecule has 0 atom stereocenters. The fourth-order valence-electron chi connectivity index (χ4n) is 1.59. The number of aryl methyl sites for hydroxylation is 1. The first-order chi connectivity index (χ1) is 8.88. The molecule has 0 saturated heterocycles. The molecule has 0 spiro atoms. The van der Waals surface area contributed by atoms with Gasteiger partial charge in [-0.25, -0.2) is 13.1 Å². The van der Waals surface area contributed by atoms with Crippen molar-refractivity contribution in [1.29, 1.82) is 0 Å². The average Bonchev–Trinajstić information content (AvgIpc) is 2.33. The summed E-state index contributed by atoms with van der Waals surface area (Å²) in [6, 6.07) is 3.16. The molecular formula is C13H17BrN2O2S. The monoisotopic (exact) mass is 344 g/mol. The Balaban J connectivity index is 2.78. The number of halogens is 1. The molecule has 104 valence electrons. The third-order valence-corrected chi connectivity index (χ3v) is 4.91. The normalized spacial score (nSPS) is 11.2. The SMILES string of the molecule is C#CCCCCNS(=O)(=O)c1cc(N)c(Br)cc1C. The second kappa shape index (κ2) is 6.94. The van der Waals surface area contributed by atoms with Crippen LogP contribution in [0, 0.1) is 19.3 Å². The first-order valence-corrected chi connectivity index (χ1v) is 8.15. The summed E-state index contributed by atoms with van der Waals surface area (Å²) < 4.78 is 27.5. The van der Waals surface area contributed by atoms with Gasteiger partial charge in [0.25, 0.3) is 0 Å². The molecule has 0 aliphatic heterocycles. The first kappa shape index (κ1) is 16.0. The van der Waals surface area contributed by atoms with E-state index in [4.69, 9.17) is 12.2 Å². The summed E-state index contributed by atoms with van der Waals surface area (Å²) in [6.07, 6.45) is 7.31. The topological polar surface area (TPSA) is 72.2 Å². The molecule has 1 rings (SSSR count). The molecule has 0 unspecified atom stereocenters. The molecule has 0 aliphatic rings. The number of nitrogens with two attached hydrogens (primary N) is 1. The summed E-state index contributed by atoms with van der Waals surface area (Å²) >= 11 is 3.27. The standard InChI is InChI=1S/C13H17BrN2O2S/c1-3-4-5-6-7-16-19(17,18)13-9-12(15)11(14)8-10(13)2/h1,8-9,16H,4-7,15H2,2H3. The molecule has 0 saturated carbocycles. The van der Waals surface area contributed by atoms with Gasteiger partial charge in [0, 0.05) is 23.1 Å². The van der Waals surface area contributed by atoms with Crippen LogP contribution in [0.5, 0.6) is 0 Å². The minimum Gasteiger partial charge on any atom is -0.398 e. The Morgan fingerprint density at radius 3 is 2.74 bits per heavy atom. The van der Waals surface area contributed by atoms with Crippen molar-refractivity contribution in [3.63, 3.8) is 0 Å². The number of hydrogen-bond acceptors (Lipinski definition) is 3. The highest BCUT2D eigenvalue weighted by molar-refractivity contribution is 9.10. The quantitative estimate of drug-likeness (QED) is 0.473. The summed E-state index contributed by atoms with van der Waals surface area (Å²) in [6.45, 7) is 2.11. The maximum atomic E-state index is 12.1. The van der Waals surface area contributed by atoms with Gasteiger partial charge >= 0.3 is 0 Å². The summed E-state index contributed by atoms with van der Waals surface area (Å²) in [5, 5.41) is 0. The molecule has 19 heavy (non-hydrogen) atoms. The van der Waals surface area contributed by atoms with E-state index in [9.17, 15) is 8.42 Å². The van der Waals surface area contributed by atoms with Gasteiger partial charge in [0.15, 0.2) is 0 Å². The lowest BCUT2D eigenvalue weighted by Crippen LogP contribution is -2.25. The van der Waals surface area contributed by atoms with Crippen molar-refractivity contribution in [2.24, 2.45) is 0 Å². The Hall–Kier alpha value is -1.03. The van der Waals surface area contributed by atoms with E-state index in [0.29, 0.717) is 35.1 Å². The highest BCUT2D eigenvalue weighted by atomic mass is 79.9. The molecule has 0 aliphatic carbocycles. The second-order valence-corrected chi connectivity index (χ2v) is 6.79. The highest BCUT2D eigenvalue weighted by Gasteiger charge is 2.17. The van der Waals surface area contributed by atoms with Gasteiger partial charge in [-0.3, -0.25) is 0 Å². The number of terminal acetylenes is 1. The zero-order chi connectivity index (χ0) is 14.5. The van der Waals surface area contributed by atoms with Gasteiger partial charge in [-0.2, -0.15) is 0 Å². The molecule has 3 N–H and O–H groups in total. The Bertz CT molecular complexity index is 591. The average molecular weight is 345 g/mol. The van der Waals surface area contributed by atoms with Gasteiger partial charge in [-0.05, 0) is 53.4 Å². The van der Waals surface area contributed by atoms with Gasteiger partial charge in [-0.1, -0.05) is 0 Å². The molecule has 4 nitrogen and oxygen atoms in total. The van der Waals surface area contributed by atoms with Gasteiger partial charge in [0.1, 0.15) is 0 Å². The molecule has 1 aromatic carbocycles. The van der Waals surface area contributed by atoms with E-state index in [1.807, 2.05) is 0 Å². The van der Waals surface area contributed by atoms with Crippen molar-refractivity contribution in [3.8, 4) is 12.3 Å². The van der Waals surface area contributed by atoms with Crippen molar-refractivity contribution >= 4 is 31.6 Å². The summed E-state index contributed by atoms with van der Waals surface area (Å²) in [5.41, 5.74) is 6.77. The van der Waals surface area contributed by atoms with E-state index in [0.717, 1.165) is 6.42 Å². The lowest BCUT2D eigenvalue weighted by molar-refractivity contribution is 0.577. The third-order valence-electron chi connectivity index (χ3n) is 2.62. The number of sulfonamides is 1. The number of nitrogens with one attached hydrogen (secondary N) is 1. The molecule has 0 aromatic heterocycles. The minimum absolute atomic E-state index is 0.213. The Kier molecular flexibility index (Phi) is 5.85. The largest absolute Gasteiger partial charge is 0.398 e. The van der Waals surface area contributed by atoms with Crippen LogP contribution in [0.4, 0.5) is 5.69 Å². The first-order valence-electron chi connectivity index (χ1n) is 5.87. The summed E-state index contributed by atoms with van der Waals surface area (Å²) in [7, 11) is -3.52. The molecule has 0 bridgehead atoms. The lowest BCUT2D eigenvalue weighted by atomic mass is 10.2. The smallest absolute Gasteiger partial charge is 0.240 e. The summed E-state index contributed by atoms with van der Waals surface area (Å²) in [4.78, 5) is 0.213. The molecule has 0 amide bonds. The Morgan fingerprint density at radius 1 is 1.42 bits per heavy atom. The number of nitrogen functional groups attached to an aromatic ring is 1. The number of rotatable bonds is 6. The van der Waals surface area contributed by atoms with Crippen LogP contribution in [-0.4, -0.2) is 15.0 Å². The molecule has 1 aromatic rings. The van der Waals surface area contributed by atoms with Crippen molar-refractivity contribution in [1.82, 2.24) is 4.72 Å². The number of hydrogen-bond donors (Lipinski definition) is 2. The van der Waals surface area contributed by atoms with Gasteiger partial charge in [0.05, 0.1) is 4.90 Å². The highest BCUT2D eigenvalue weighted by Crippen LogP contribution is 2.26. The van der Waals surface area contributed by atoms with Crippen LogP contribution in [-0.2, 0) is 10.0 Å². The maximum absolute atomic E-state index is 12.1. The van der Waals surface area contributed by atoms with E-state index in [2.05, 4.69) is 26.6 Å². The predicted molar refractivity (Wildman–Crippen MR) is 81.2 cm³/mol. The Labute approximate surface area is 123 Å². The minimum atomic E-state index is -3.52. The van der Waals surface area contributed by atoms with E-state index in [1.54, 1.807) is 13.0 Å². The van der Waals surface area contributed by atoms with Gasteiger partial charge in [-0.15, -0.1) is 12.3 Å². The van der Waals surface area contributed by atoms with Crippen molar-refractivity contribution in [2.45, 2.75) is 31.1 Å². The molecule has 6 heteroatoms. The van der Waals surface area contributed by atoms with Crippen LogP contribution in [0.2, 0.25) is 0 Å². The maximum Gasteiger partial charge on any atom is 0.240 e. The van der Waals surface area contributed by atoms with Crippen molar-refractivity contribution in [3.05, 3.63) is 22.2 Å². The zero-order valence-electron chi connectivity index (χ0n) is 10.7. The van der Waals surface area contributed by atoms with Crippen LogP contribution >= 0.6 is 15.9 Å². The zero-order valence-corrected chi connectivity index (χ0v) is 13.1. The number of unbranched alkanes of at least 4 members (excludes halogenated alkanes) is 2. The predicted octanol–water partition coefficient (Wildman–Crippen LogP) is 2.42. The molecule has 0 fully saturated rings. The van der Waals surface area contributed by atoms with Crippen LogP contribution in [0.1, 0.15) is 24.8 Å². The summed E-state index contributed by atoms with van der Waals surface area (Å²) in [5.74, 6) is 2.52. The van der Waals surface area contributed by atoms with Crippen molar-refractivity contribution in [2.75, 3.05) is 12.3 Å². The Morgan fingerprint density at radius 2 is 2.11 bits per heavy atom. The fraction of sp³-hybridized carbons (Fsp3) is 0.385. The molecular weight excluding hydrogens is 328 g/mol. The molecule has 0 radical (unpaired) electrons. The van der Waals surface area contributed by atoms with Gasteiger partial charge < -0.3 is 5.73 Å². The third kappa shape index (κ3) is 4.53. The number of anilines is 1. The van der Waals surface area contributed by atoms with E-state index >= 15 is 0 Å². The van der Waals surface area contributed by atoms with Crippen molar-refractivity contribution < 1.29 is 8.42 Å². The van der Waals surface area contributed by atoms with E-state index < -0.39 is 10.0 Å². The van der Waals surface area contributed by atoms with Crippen LogP contribution in [0.25, 0.3) is 0 Å². The van der Waals surface area contributed by atoms with Crippen LogP contribution < -0.4 is 10.5 Å².